The van der Waals surface area contributed by atoms with Gasteiger partial charge in [0.2, 0.25) is 0 Å². The van der Waals surface area contributed by atoms with E-state index in [1.807, 2.05) is 92.0 Å². The normalized spacial score (nSPS) is 10.4. The number of nitrogens with one attached hydrogen (secondary N) is 2. The molecule has 0 saturated carbocycles. The summed E-state index contributed by atoms with van der Waals surface area (Å²) in [5.41, 5.74) is 3.56. The molecule has 1 amide bonds. The van der Waals surface area contributed by atoms with Crippen molar-refractivity contribution in [1.29, 1.82) is 0 Å². The van der Waals surface area contributed by atoms with Crippen molar-refractivity contribution in [3.63, 3.8) is 0 Å². The van der Waals surface area contributed by atoms with Crippen LogP contribution in [0.5, 0.6) is 0 Å². The molecule has 3 nitrogen and oxygen atoms in total. The van der Waals surface area contributed by atoms with Crippen LogP contribution in [-0.2, 0) is 0 Å². The van der Waals surface area contributed by atoms with Crippen LogP contribution in [0.3, 0.4) is 0 Å². The summed E-state index contributed by atoms with van der Waals surface area (Å²) in [4.78, 5) is 12.8. The summed E-state index contributed by atoms with van der Waals surface area (Å²) in [6, 6.07) is 27.3. The molecule has 0 bridgehead atoms. The monoisotopic (exact) mass is 316 g/mol. The summed E-state index contributed by atoms with van der Waals surface area (Å²) < 4.78 is 0. The third-order valence-electron chi connectivity index (χ3n) is 3.98. The number of para-hydroxylation sites is 1. The van der Waals surface area contributed by atoms with Crippen molar-refractivity contribution in [2.75, 3.05) is 12.4 Å². The summed E-state index contributed by atoms with van der Waals surface area (Å²) in [5, 5.41) is 6.23. The Hall–Kier alpha value is -3.07. The average Bonchev–Trinajstić information content (AvgIpc) is 2.67. The molecule has 0 aromatic heterocycles. The van der Waals surface area contributed by atoms with Gasteiger partial charge in [-0.3, -0.25) is 4.79 Å². The number of hydrogen-bond acceptors (Lipinski definition) is 2. The lowest BCUT2D eigenvalue weighted by Crippen LogP contribution is -2.29. The van der Waals surface area contributed by atoms with Gasteiger partial charge in [-0.05, 0) is 23.3 Å². The minimum atomic E-state index is -0.190. The molecule has 0 fully saturated rings. The molecule has 3 aromatic rings. The molecule has 0 aliphatic heterocycles. The molecule has 0 unspecified atom stereocenters. The van der Waals surface area contributed by atoms with E-state index in [4.69, 9.17) is 0 Å². The van der Waals surface area contributed by atoms with Gasteiger partial charge in [0.25, 0.3) is 5.91 Å². The second kappa shape index (κ2) is 7.47. The van der Waals surface area contributed by atoms with Crippen LogP contribution < -0.4 is 10.6 Å². The number of amides is 1. The molecule has 0 aliphatic rings. The minimum absolute atomic E-state index is 0.0994. The van der Waals surface area contributed by atoms with Crippen LogP contribution in [0.25, 0.3) is 0 Å². The van der Waals surface area contributed by atoms with Crippen LogP contribution in [-0.4, -0.2) is 13.0 Å². The van der Waals surface area contributed by atoms with Crippen molar-refractivity contribution in [3.05, 3.63) is 102 Å². The van der Waals surface area contributed by atoms with Gasteiger partial charge in [-0.15, -0.1) is 0 Å². The lowest BCUT2D eigenvalue weighted by molar-refractivity contribution is 0.0944. The molecule has 0 heterocycles. The van der Waals surface area contributed by atoms with E-state index in [0.29, 0.717) is 5.56 Å². The Kier molecular flexibility index (Phi) is 4.92. The highest BCUT2D eigenvalue weighted by molar-refractivity contribution is 6.00. The zero-order valence-corrected chi connectivity index (χ0v) is 13.6. The second-order valence-electron chi connectivity index (χ2n) is 5.52. The third kappa shape index (κ3) is 3.46. The first-order valence-electron chi connectivity index (χ1n) is 7.97. The summed E-state index contributed by atoms with van der Waals surface area (Å²) in [6.07, 6.45) is 0. The van der Waals surface area contributed by atoms with Crippen LogP contribution in [0.2, 0.25) is 0 Å². The van der Waals surface area contributed by atoms with Crippen LogP contribution in [0.15, 0.2) is 84.9 Å². The zero-order chi connectivity index (χ0) is 16.8. The molecule has 24 heavy (non-hydrogen) atoms. The fourth-order valence-electron chi connectivity index (χ4n) is 2.76. The van der Waals surface area contributed by atoms with Gasteiger partial charge in [0.15, 0.2) is 0 Å². The lowest BCUT2D eigenvalue weighted by Gasteiger charge is -2.20. The topological polar surface area (TPSA) is 41.1 Å². The van der Waals surface area contributed by atoms with E-state index < -0.39 is 0 Å². The van der Waals surface area contributed by atoms with E-state index in [9.17, 15) is 4.79 Å². The summed E-state index contributed by atoms with van der Waals surface area (Å²) in [6.45, 7) is 0. The smallest absolute Gasteiger partial charge is 0.254 e. The molecule has 3 heteroatoms. The van der Waals surface area contributed by atoms with Gasteiger partial charge in [-0.25, -0.2) is 0 Å². The fourth-order valence-corrected chi connectivity index (χ4v) is 2.76. The number of carbonyl (C=O) groups is 1. The van der Waals surface area contributed by atoms with Gasteiger partial charge in [0.1, 0.15) is 0 Å². The summed E-state index contributed by atoms with van der Waals surface area (Å²) >= 11 is 0. The number of rotatable bonds is 5. The molecule has 3 aromatic carbocycles. The highest BCUT2D eigenvalue weighted by Gasteiger charge is 2.18. The molecule has 0 radical (unpaired) electrons. The fraction of sp³-hybridized carbons (Fsp3) is 0.0952. The molecule has 2 N–H and O–H groups in total. The average molecular weight is 316 g/mol. The third-order valence-corrected chi connectivity index (χ3v) is 3.98. The van der Waals surface area contributed by atoms with Crippen molar-refractivity contribution in [3.8, 4) is 0 Å². The zero-order valence-electron chi connectivity index (χ0n) is 13.6. The Morgan fingerprint density at radius 3 is 1.79 bits per heavy atom. The van der Waals surface area contributed by atoms with Crippen LogP contribution >= 0.6 is 0 Å². The summed E-state index contributed by atoms with van der Waals surface area (Å²) in [7, 11) is 1.82. The predicted molar refractivity (Wildman–Crippen MR) is 98.2 cm³/mol. The maximum Gasteiger partial charge on any atom is 0.254 e. The molecule has 120 valence electrons. The Morgan fingerprint density at radius 1 is 0.750 bits per heavy atom. The van der Waals surface area contributed by atoms with Crippen LogP contribution in [0, 0.1) is 0 Å². The Labute approximate surface area is 142 Å². The second-order valence-corrected chi connectivity index (χ2v) is 5.52. The Morgan fingerprint density at radius 2 is 1.25 bits per heavy atom. The molecule has 0 atom stereocenters. The number of carbonyl (C=O) groups excluding carboxylic acids is 1. The number of hydrogen-bond donors (Lipinski definition) is 2. The molecule has 0 aliphatic carbocycles. The van der Waals surface area contributed by atoms with Crippen LogP contribution in [0.1, 0.15) is 27.5 Å². The Bertz CT molecular complexity index is 761. The van der Waals surface area contributed by atoms with E-state index in [1.54, 1.807) is 0 Å². The van der Waals surface area contributed by atoms with Gasteiger partial charge in [0, 0.05) is 12.7 Å². The Balaban J connectivity index is 1.94. The van der Waals surface area contributed by atoms with Gasteiger partial charge in [-0.2, -0.15) is 0 Å². The minimum Gasteiger partial charge on any atom is -0.387 e. The van der Waals surface area contributed by atoms with E-state index >= 15 is 0 Å². The van der Waals surface area contributed by atoms with Crippen LogP contribution in [0.4, 0.5) is 5.69 Å². The lowest BCUT2D eigenvalue weighted by atomic mass is 9.98. The molecular formula is C21H20N2O. The van der Waals surface area contributed by atoms with E-state index in [0.717, 1.165) is 16.8 Å². The quantitative estimate of drug-likeness (QED) is 0.739. The molecule has 0 saturated heterocycles. The van der Waals surface area contributed by atoms with Gasteiger partial charge in [0.05, 0.1) is 11.6 Å². The first-order valence-corrected chi connectivity index (χ1v) is 7.97. The number of benzene rings is 3. The number of anilines is 1. The van der Waals surface area contributed by atoms with Gasteiger partial charge >= 0.3 is 0 Å². The SMILES string of the molecule is CNc1ccccc1C(=O)NC(c1ccccc1)c1ccccc1. The van der Waals surface area contributed by atoms with Crippen molar-refractivity contribution < 1.29 is 4.79 Å². The molecule has 3 rings (SSSR count). The standard InChI is InChI=1S/C21H20N2O/c1-22-19-15-9-8-14-18(19)21(24)23-20(16-10-4-2-5-11-16)17-12-6-3-7-13-17/h2-15,20,22H,1H3,(H,23,24). The molecular weight excluding hydrogens is 296 g/mol. The maximum absolute atomic E-state index is 12.8. The van der Waals surface area contributed by atoms with Gasteiger partial charge in [-0.1, -0.05) is 72.8 Å². The first-order chi connectivity index (χ1) is 11.8. The van der Waals surface area contributed by atoms with E-state index in [2.05, 4.69) is 10.6 Å². The van der Waals surface area contributed by atoms with Crippen molar-refractivity contribution in [2.24, 2.45) is 0 Å². The van der Waals surface area contributed by atoms with Crippen molar-refractivity contribution in [2.45, 2.75) is 6.04 Å². The molecule has 0 spiro atoms. The highest BCUT2D eigenvalue weighted by Crippen LogP contribution is 2.23. The largest absolute Gasteiger partial charge is 0.387 e. The first kappa shape index (κ1) is 15.8. The van der Waals surface area contributed by atoms with Gasteiger partial charge < -0.3 is 10.6 Å². The van der Waals surface area contributed by atoms with E-state index in [-0.39, 0.29) is 11.9 Å². The van der Waals surface area contributed by atoms with Crippen molar-refractivity contribution >= 4 is 11.6 Å². The van der Waals surface area contributed by atoms with Crippen molar-refractivity contribution in [1.82, 2.24) is 5.32 Å². The van der Waals surface area contributed by atoms with E-state index in [1.165, 1.54) is 0 Å². The summed E-state index contributed by atoms with van der Waals surface area (Å²) in [5.74, 6) is -0.0994. The highest BCUT2D eigenvalue weighted by atomic mass is 16.1. The maximum atomic E-state index is 12.8. The predicted octanol–water partition coefficient (Wildman–Crippen LogP) is 4.25.